The molecule has 12 heavy (non-hydrogen) atoms. The summed E-state index contributed by atoms with van der Waals surface area (Å²) in [6, 6.07) is 0. The van der Waals surface area contributed by atoms with Crippen LogP contribution in [0.4, 0.5) is 0 Å². The standard InChI is InChI=1S/C7H17N5/c1-2-12(7(8)9)11-5-3-10-4-6-11/h10H,2-6H2,1H3,(H3,8,9). The van der Waals surface area contributed by atoms with Gasteiger partial charge in [-0.25, -0.2) is 5.01 Å². The molecule has 5 heteroatoms. The molecule has 0 bridgehead atoms. The largest absolute Gasteiger partial charge is 0.369 e. The number of nitrogens with one attached hydrogen (secondary N) is 2. The molecule has 0 aromatic carbocycles. The van der Waals surface area contributed by atoms with Crippen LogP contribution in [-0.4, -0.2) is 48.7 Å². The first-order chi connectivity index (χ1) is 5.75. The average molecular weight is 171 g/mol. The Kier molecular flexibility index (Phi) is 3.31. The van der Waals surface area contributed by atoms with Crippen molar-refractivity contribution in [2.75, 3.05) is 32.7 Å². The molecule has 1 aliphatic rings. The van der Waals surface area contributed by atoms with E-state index >= 15 is 0 Å². The molecule has 1 fully saturated rings. The SMILES string of the molecule is CCN(C(=N)N)N1CCNCC1. The minimum Gasteiger partial charge on any atom is -0.369 e. The molecule has 0 unspecified atom stereocenters. The lowest BCUT2D eigenvalue weighted by molar-refractivity contribution is 0.0346. The number of hydrogen-bond acceptors (Lipinski definition) is 3. The number of hydrazine groups is 1. The molecule has 4 N–H and O–H groups in total. The van der Waals surface area contributed by atoms with Gasteiger partial charge in [-0.2, -0.15) is 0 Å². The predicted octanol–water partition coefficient (Wildman–Crippen LogP) is -0.978. The van der Waals surface area contributed by atoms with Gasteiger partial charge in [0.05, 0.1) is 0 Å². The first-order valence-corrected chi connectivity index (χ1v) is 4.33. The van der Waals surface area contributed by atoms with Crippen LogP contribution < -0.4 is 11.1 Å². The fourth-order valence-corrected chi connectivity index (χ4v) is 1.42. The molecule has 70 valence electrons. The molecule has 0 aromatic rings. The Morgan fingerprint density at radius 1 is 1.58 bits per heavy atom. The van der Waals surface area contributed by atoms with E-state index in [4.69, 9.17) is 11.1 Å². The summed E-state index contributed by atoms with van der Waals surface area (Å²) in [5, 5.41) is 14.5. The average Bonchev–Trinajstić information content (AvgIpc) is 2.07. The number of guanidine groups is 1. The van der Waals surface area contributed by atoms with Crippen LogP contribution >= 0.6 is 0 Å². The molecule has 0 spiro atoms. The fraction of sp³-hybridized carbons (Fsp3) is 0.857. The van der Waals surface area contributed by atoms with Crippen LogP contribution in [0.5, 0.6) is 0 Å². The molecule has 1 aliphatic heterocycles. The highest BCUT2D eigenvalue weighted by Gasteiger charge is 2.16. The van der Waals surface area contributed by atoms with Gasteiger partial charge in [-0.3, -0.25) is 10.4 Å². The summed E-state index contributed by atoms with van der Waals surface area (Å²) in [4.78, 5) is 0. The minimum atomic E-state index is 0.138. The number of nitrogens with zero attached hydrogens (tertiary/aromatic N) is 2. The molecule has 1 saturated heterocycles. The van der Waals surface area contributed by atoms with E-state index in [9.17, 15) is 0 Å². The van der Waals surface area contributed by atoms with Crippen LogP contribution in [-0.2, 0) is 0 Å². The van der Waals surface area contributed by atoms with Gasteiger partial charge in [0.25, 0.3) is 0 Å². The molecule has 0 amide bonds. The van der Waals surface area contributed by atoms with Crippen LogP contribution in [0, 0.1) is 5.41 Å². The lowest BCUT2D eigenvalue weighted by Crippen LogP contribution is -2.56. The van der Waals surface area contributed by atoms with E-state index in [1.807, 2.05) is 6.92 Å². The van der Waals surface area contributed by atoms with Crippen LogP contribution in [0.2, 0.25) is 0 Å². The Bertz CT molecular complexity index is 152. The number of nitrogens with two attached hydrogens (primary N) is 1. The van der Waals surface area contributed by atoms with E-state index in [0.717, 1.165) is 32.7 Å². The van der Waals surface area contributed by atoms with Gasteiger partial charge in [0, 0.05) is 32.7 Å². The number of hydrogen-bond donors (Lipinski definition) is 3. The van der Waals surface area contributed by atoms with Gasteiger partial charge in [-0.05, 0) is 6.92 Å². The first kappa shape index (κ1) is 9.28. The Morgan fingerprint density at radius 3 is 2.58 bits per heavy atom. The topological polar surface area (TPSA) is 68.4 Å². The van der Waals surface area contributed by atoms with Crippen molar-refractivity contribution in [2.24, 2.45) is 5.73 Å². The number of piperazine rings is 1. The first-order valence-electron chi connectivity index (χ1n) is 4.33. The summed E-state index contributed by atoms with van der Waals surface area (Å²) in [6.07, 6.45) is 0. The minimum absolute atomic E-state index is 0.138. The van der Waals surface area contributed by atoms with Crippen molar-refractivity contribution in [1.82, 2.24) is 15.3 Å². The third kappa shape index (κ3) is 2.09. The Labute approximate surface area is 73.0 Å². The third-order valence-electron chi connectivity index (χ3n) is 2.01. The summed E-state index contributed by atoms with van der Waals surface area (Å²) >= 11 is 0. The molecular formula is C7H17N5. The molecular weight excluding hydrogens is 154 g/mol. The zero-order valence-corrected chi connectivity index (χ0v) is 7.51. The zero-order chi connectivity index (χ0) is 8.97. The second kappa shape index (κ2) is 4.27. The Morgan fingerprint density at radius 2 is 2.17 bits per heavy atom. The van der Waals surface area contributed by atoms with Crippen molar-refractivity contribution in [2.45, 2.75) is 6.92 Å². The molecule has 0 aliphatic carbocycles. The molecule has 1 rings (SSSR count). The van der Waals surface area contributed by atoms with Gasteiger partial charge in [0.1, 0.15) is 0 Å². The monoisotopic (exact) mass is 171 g/mol. The van der Waals surface area contributed by atoms with Crippen LogP contribution in [0.15, 0.2) is 0 Å². The van der Waals surface area contributed by atoms with E-state index < -0.39 is 0 Å². The summed E-state index contributed by atoms with van der Waals surface area (Å²) < 4.78 is 0. The Hall–Kier alpha value is -0.810. The van der Waals surface area contributed by atoms with Crippen molar-refractivity contribution < 1.29 is 0 Å². The van der Waals surface area contributed by atoms with Crippen molar-refractivity contribution in [3.63, 3.8) is 0 Å². The smallest absolute Gasteiger partial charge is 0.203 e. The second-order valence-corrected chi connectivity index (χ2v) is 2.80. The zero-order valence-electron chi connectivity index (χ0n) is 7.51. The highest BCUT2D eigenvalue weighted by molar-refractivity contribution is 5.73. The van der Waals surface area contributed by atoms with Gasteiger partial charge in [0.15, 0.2) is 0 Å². The summed E-state index contributed by atoms with van der Waals surface area (Å²) in [5.41, 5.74) is 5.43. The van der Waals surface area contributed by atoms with Crippen molar-refractivity contribution >= 4 is 5.96 Å². The maximum absolute atomic E-state index is 7.33. The van der Waals surface area contributed by atoms with Gasteiger partial charge in [-0.1, -0.05) is 0 Å². The maximum Gasteiger partial charge on any atom is 0.203 e. The van der Waals surface area contributed by atoms with Gasteiger partial charge in [-0.15, -0.1) is 0 Å². The molecule has 0 atom stereocenters. The number of rotatable bonds is 2. The third-order valence-corrected chi connectivity index (χ3v) is 2.01. The quantitative estimate of drug-likeness (QED) is 0.369. The van der Waals surface area contributed by atoms with E-state index in [-0.39, 0.29) is 5.96 Å². The van der Waals surface area contributed by atoms with E-state index in [2.05, 4.69) is 10.3 Å². The maximum atomic E-state index is 7.33. The fourth-order valence-electron chi connectivity index (χ4n) is 1.42. The summed E-state index contributed by atoms with van der Waals surface area (Å²) in [5.74, 6) is 0.138. The Balaban J connectivity index is 2.46. The highest BCUT2D eigenvalue weighted by atomic mass is 15.7. The highest BCUT2D eigenvalue weighted by Crippen LogP contribution is 1.98. The van der Waals surface area contributed by atoms with Crippen LogP contribution in [0.25, 0.3) is 0 Å². The lowest BCUT2D eigenvalue weighted by atomic mass is 10.4. The van der Waals surface area contributed by atoms with E-state index in [1.54, 1.807) is 5.01 Å². The molecule has 1 heterocycles. The summed E-state index contributed by atoms with van der Waals surface area (Å²) in [6.45, 7) is 6.60. The molecule has 5 nitrogen and oxygen atoms in total. The lowest BCUT2D eigenvalue weighted by Gasteiger charge is -2.37. The van der Waals surface area contributed by atoms with E-state index in [1.165, 1.54) is 0 Å². The predicted molar refractivity (Wildman–Crippen MR) is 48.7 cm³/mol. The molecule has 0 radical (unpaired) electrons. The summed E-state index contributed by atoms with van der Waals surface area (Å²) in [7, 11) is 0. The van der Waals surface area contributed by atoms with Gasteiger partial charge in [0.2, 0.25) is 5.96 Å². The van der Waals surface area contributed by atoms with Gasteiger partial charge < -0.3 is 11.1 Å². The van der Waals surface area contributed by atoms with Crippen molar-refractivity contribution in [1.29, 1.82) is 5.41 Å². The van der Waals surface area contributed by atoms with E-state index in [0.29, 0.717) is 0 Å². The van der Waals surface area contributed by atoms with Gasteiger partial charge >= 0.3 is 0 Å². The second-order valence-electron chi connectivity index (χ2n) is 2.80. The molecule has 0 saturated carbocycles. The normalized spacial score (nSPS) is 19.1. The molecule has 0 aromatic heterocycles. The van der Waals surface area contributed by atoms with Crippen molar-refractivity contribution in [3.8, 4) is 0 Å². The van der Waals surface area contributed by atoms with Crippen molar-refractivity contribution in [3.05, 3.63) is 0 Å². The van der Waals surface area contributed by atoms with Crippen LogP contribution in [0.3, 0.4) is 0 Å². The van der Waals surface area contributed by atoms with Crippen LogP contribution in [0.1, 0.15) is 6.92 Å².